The van der Waals surface area contributed by atoms with Gasteiger partial charge in [0.2, 0.25) is 0 Å². The number of rotatable bonds is 5. The molecule has 1 atom stereocenters. The van der Waals surface area contributed by atoms with Crippen LogP contribution in [-0.4, -0.2) is 0 Å². The summed E-state index contributed by atoms with van der Waals surface area (Å²) in [5.41, 5.74) is 21.5. The van der Waals surface area contributed by atoms with Crippen molar-refractivity contribution < 1.29 is 0 Å². The first kappa shape index (κ1) is 32.3. The van der Waals surface area contributed by atoms with Gasteiger partial charge in [-0.1, -0.05) is 176 Å². The van der Waals surface area contributed by atoms with Crippen LogP contribution in [0.5, 0.6) is 0 Å². The first-order valence-corrected chi connectivity index (χ1v) is 20.2. The zero-order chi connectivity index (χ0) is 37.6. The summed E-state index contributed by atoms with van der Waals surface area (Å²) in [6.45, 7) is 0. The van der Waals surface area contributed by atoms with E-state index in [1.165, 1.54) is 77.9 Å². The maximum absolute atomic E-state index is 2.51. The molecule has 8 aromatic rings. The van der Waals surface area contributed by atoms with Gasteiger partial charge in [-0.15, -0.1) is 0 Å². The van der Waals surface area contributed by atoms with Crippen LogP contribution in [0, 0.1) is 0 Å². The first-order valence-electron chi connectivity index (χ1n) is 20.2. The van der Waals surface area contributed by atoms with E-state index >= 15 is 0 Å². The first-order chi connectivity index (χ1) is 28.3. The predicted molar refractivity (Wildman–Crippen MR) is 235 cm³/mol. The second-order valence-electron chi connectivity index (χ2n) is 15.8. The number of allylic oxidation sites excluding steroid dienone is 4. The number of fused-ring (bicyclic) bond motifs is 12. The Balaban J connectivity index is 1.12. The van der Waals surface area contributed by atoms with E-state index < -0.39 is 5.41 Å². The van der Waals surface area contributed by atoms with E-state index in [4.69, 9.17) is 0 Å². The Hall–Kier alpha value is -6.96. The maximum Gasteiger partial charge on any atom is 0.0722 e. The lowest BCUT2D eigenvalue weighted by Crippen LogP contribution is -2.28. The minimum absolute atomic E-state index is 0.373. The number of anilines is 3. The van der Waals surface area contributed by atoms with E-state index in [1.807, 2.05) is 0 Å². The fraction of sp³-hybridized carbons (Fsp3) is 0.0714. The monoisotopic (exact) mass is 725 g/mol. The van der Waals surface area contributed by atoms with Crippen LogP contribution in [0.1, 0.15) is 57.3 Å². The van der Waals surface area contributed by atoms with Crippen LogP contribution in [0.4, 0.5) is 17.1 Å². The van der Waals surface area contributed by atoms with Gasteiger partial charge in [-0.05, 0) is 127 Å². The number of para-hydroxylation sites is 1. The highest BCUT2D eigenvalue weighted by Gasteiger charge is 2.52. The largest absolute Gasteiger partial charge is 0.310 e. The summed E-state index contributed by atoms with van der Waals surface area (Å²) in [5, 5.41) is 0. The second kappa shape index (κ2) is 12.3. The van der Waals surface area contributed by atoms with Gasteiger partial charge in [0.1, 0.15) is 0 Å². The van der Waals surface area contributed by atoms with Crippen molar-refractivity contribution in [1.82, 2.24) is 0 Å². The Labute approximate surface area is 334 Å². The Morgan fingerprint density at radius 1 is 0.351 bits per heavy atom. The molecule has 8 aromatic carbocycles. The molecule has 0 bridgehead atoms. The van der Waals surface area contributed by atoms with E-state index in [2.05, 4.69) is 217 Å². The van der Waals surface area contributed by atoms with Crippen molar-refractivity contribution in [2.75, 3.05) is 4.90 Å². The summed E-state index contributed by atoms with van der Waals surface area (Å²) in [6, 6.07) is 74.9. The van der Waals surface area contributed by atoms with Crippen LogP contribution in [0.2, 0.25) is 0 Å². The lowest BCUT2D eigenvalue weighted by molar-refractivity contribution is 0.768. The average molecular weight is 726 g/mol. The van der Waals surface area contributed by atoms with Crippen molar-refractivity contribution in [1.29, 1.82) is 0 Å². The van der Waals surface area contributed by atoms with Gasteiger partial charge in [0, 0.05) is 17.1 Å². The van der Waals surface area contributed by atoms with Gasteiger partial charge in [-0.2, -0.15) is 0 Å². The van der Waals surface area contributed by atoms with Gasteiger partial charge >= 0.3 is 0 Å². The molecule has 1 unspecified atom stereocenters. The minimum atomic E-state index is -0.486. The van der Waals surface area contributed by atoms with Crippen LogP contribution in [0.25, 0.3) is 27.8 Å². The maximum atomic E-state index is 2.51. The van der Waals surface area contributed by atoms with Gasteiger partial charge in [-0.3, -0.25) is 0 Å². The molecule has 1 nitrogen and oxygen atoms in total. The molecule has 57 heavy (non-hydrogen) atoms. The third kappa shape index (κ3) is 4.29. The fourth-order valence-corrected chi connectivity index (χ4v) is 11.1. The number of benzene rings is 8. The molecule has 12 rings (SSSR count). The highest BCUT2D eigenvalue weighted by Crippen LogP contribution is 2.64. The van der Waals surface area contributed by atoms with E-state index in [-0.39, 0.29) is 5.41 Å². The molecule has 0 N–H and O–H groups in total. The zero-order valence-electron chi connectivity index (χ0n) is 31.6. The Kier molecular flexibility index (Phi) is 6.95. The van der Waals surface area contributed by atoms with Crippen molar-refractivity contribution in [2.24, 2.45) is 0 Å². The van der Waals surface area contributed by atoms with Gasteiger partial charge in [0.05, 0.1) is 10.8 Å². The molecule has 0 amide bonds. The number of nitrogens with zero attached hydrogens (tertiary/aromatic N) is 1. The highest BCUT2D eigenvalue weighted by molar-refractivity contribution is 5.97. The Morgan fingerprint density at radius 3 is 1.37 bits per heavy atom. The third-order valence-electron chi connectivity index (χ3n) is 13.2. The van der Waals surface area contributed by atoms with Crippen LogP contribution in [-0.2, 0) is 10.8 Å². The van der Waals surface area contributed by atoms with Crippen molar-refractivity contribution >= 4 is 22.6 Å². The van der Waals surface area contributed by atoms with Gasteiger partial charge in [0.25, 0.3) is 0 Å². The lowest BCUT2D eigenvalue weighted by Gasteiger charge is -2.35. The van der Waals surface area contributed by atoms with Crippen LogP contribution in [0.15, 0.2) is 218 Å². The molecule has 0 radical (unpaired) electrons. The molecule has 0 saturated heterocycles. The van der Waals surface area contributed by atoms with Crippen LogP contribution in [0.3, 0.4) is 0 Å². The fourth-order valence-electron chi connectivity index (χ4n) is 11.1. The highest BCUT2D eigenvalue weighted by atomic mass is 15.1. The molecule has 4 aliphatic carbocycles. The molecule has 4 aliphatic rings. The van der Waals surface area contributed by atoms with Crippen molar-refractivity contribution in [3.05, 3.63) is 262 Å². The molecule has 0 aromatic heterocycles. The van der Waals surface area contributed by atoms with E-state index in [9.17, 15) is 0 Å². The van der Waals surface area contributed by atoms with Crippen molar-refractivity contribution in [3.8, 4) is 22.3 Å². The van der Waals surface area contributed by atoms with E-state index in [0.717, 1.165) is 29.9 Å². The SMILES string of the molecule is C1=CC2=C(CC1)c1ccccc1C21c2ccccc2-c2ccc(N(c3ccccc3)c3ccc4c(c3)C(c3ccccc3)(c3ccccc3)c3ccccc3-4)cc21. The summed E-state index contributed by atoms with van der Waals surface area (Å²) in [5.74, 6) is 0. The summed E-state index contributed by atoms with van der Waals surface area (Å²) >= 11 is 0. The Morgan fingerprint density at radius 2 is 0.789 bits per heavy atom. The molecule has 0 saturated carbocycles. The van der Waals surface area contributed by atoms with E-state index in [1.54, 1.807) is 0 Å². The molecule has 0 heterocycles. The molecule has 1 spiro atoms. The number of hydrogen-bond acceptors (Lipinski definition) is 1. The van der Waals surface area contributed by atoms with E-state index in [0.29, 0.717) is 0 Å². The van der Waals surface area contributed by atoms with Crippen LogP contribution < -0.4 is 4.90 Å². The molecule has 268 valence electrons. The van der Waals surface area contributed by atoms with Gasteiger partial charge < -0.3 is 4.90 Å². The quantitative estimate of drug-likeness (QED) is 0.171. The smallest absolute Gasteiger partial charge is 0.0722 e. The van der Waals surface area contributed by atoms with Crippen LogP contribution >= 0.6 is 0 Å². The normalized spacial score (nSPS) is 17.4. The zero-order valence-corrected chi connectivity index (χ0v) is 31.6. The summed E-state index contributed by atoms with van der Waals surface area (Å²) < 4.78 is 0. The lowest BCUT2D eigenvalue weighted by atomic mass is 9.67. The summed E-state index contributed by atoms with van der Waals surface area (Å²) in [7, 11) is 0. The third-order valence-corrected chi connectivity index (χ3v) is 13.2. The van der Waals surface area contributed by atoms with Gasteiger partial charge in [-0.25, -0.2) is 0 Å². The van der Waals surface area contributed by atoms with Crippen molar-refractivity contribution in [3.63, 3.8) is 0 Å². The minimum Gasteiger partial charge on any atom is -0.310 e. The summed E-state index contributed by atoms with van der Waals surface area (Å²) in [6.07, 6.45) is 6.98. The molecule has 0 fully saturated rings. The molecule has 0 aliphatic heterocycles. The average Bonchev–Trinajstić information content (AvgIpc) is 3.87. The topological polar surface area (TPSA) is 3.24 Å². The number of hydrogen-bond donors (Lipinski definition) is 0. The Bertz CT molecular complexity index is 2910. The molecular formula is C56H39N. The molecule has 1 heteroatoms. The second-order valence-corrected chi connectivity index (χ2v) is 15.8. The summed E-state index contributed by atoms with van der Waals surface area (Å²) in [4.78, 5) is 2.48. The predicted octanol–water partition coefficient (Wildman–Crippen LogP) is 14.0. The molecular weight excluding hydrogens is 687 g/mol. The van der Waals surface area contributed by atoms with Crippen molar-refractivity contribution in [2.45, 2.75) is 23.7 Å². The standard InChI is InChI=1S/C56H39N/c1-4-18-38(19-5-1)55(39-20-6-2-7-21-39)49-28-14-10-26-45(49)47-34-32-41(36-53(47)55)57(40-22-8-3-9-23-40)42-33-35-48-46-27-13-17-31-52(46)56(54(48)37-42)50-29-15-11-24-43(50)44-25-12-16-30-51(44)56/h1-11,13-24,26-37H,12,25H2. The van der Waals surface area contributed by atoms with Gasteiger partial charge in [0.15, 0.2) is 0 Å².